The molecule has 0 atom stereocenters. The van der Waals surface area contributed by atoms with Crippen LogP contribution in [0.3, 0.4) is 0 Å². The predicted molar refractivity (Wildman–Crippen MR) is 60.0 cm³/mol. The van der Waals surface area contributed by atoms with E-state index in [0.29, 0.717) is 0 Å². The van der Waals surface area contributed by atoms with Gasteiger partial charge in [-0.2, -0.15) is 5.26 Å². The monoisotopic (exact) mass is 268 g/mol. The van der Waals surface area contributed by atoms with E-state index in [-0.39, 0.29) is 5.92 Å². The van der Waals surface area contributed by atoms with Gasteiger partial charge < -0.3 is 4.42 Å². The molecule has 15 heavy (non-hydrogen) atoms. The minimum absolute atomic E-state index is 0.254. The van der Waals surface area contributed by atoms with Gasteiger partial charge in [-0.3, -0.25) is 4.90 Å². The van der Waals surface area contributed by atoms with Gasteiger partial charge in [0, 0.05) is 5.92 Å². The lowest BCUT2D eigenvalue weighted by Crippen LogP contribution is -2.32. The number of nitrogens with zero attached hydrogens (tertiary/aromatic N) is 2. The first kappa shape index (κ1) is 10.7. The van der Waals surface area contributed by atoms with Crippen molar-refractivity contribution in [1.82, 2.24) is 4.90 Å². The number of rotatable bonds is 2. The molecule has 2 heterocycles. The lowest BCUT2D eigenvalue weighted by atomic mass is 9.99. The average Bonchev–Trinajstić information content (AvgIpc) is 2.65. The Kier molecular flexibility index (Phi) is 3.45. The summed E-state index contributed by atoms with van der Waals surface area (Å²) in [6, 6.07) is 6.24. The molecule has 0 saturated carbocycles. The standard InChI is InChI=1S/C11H13BrN2O/c12-11-2-1-10(15-11)8-14-5-3-9(7-13)4-6-14/h1-2,9H,3-6,8H2. The first-order valence-electron chi connectivity index (χ1n) is 5.14. The second-order valence-electron chi connectivity index (χ2n) is 3.89. The Morgan fingerprint density at radius 2 is 2.20 bits per heavy atom. The van der Waals surface area contributed by atoms with Crippen LogP contribution in [0.4, 0.5) is 0 Å². The van der Waals surface area contributed by atoms with Crippen molar-refractivity contribution in [1.29, 1.82) is 5.26 Å². The molecule has 0 bridgehead atoms. The molecule has 0 N–H and O–H groups in total. The van der Waals surface area contributed by atoms with Crippen molar-refractivity contribution in [2.45, 2.75) is 19.4 Å². The zero-order chi connectivity index (χ0) is 10.7. The molecule has 1 saturated heterocycles. The third-order valence-corrected chi connectivity index (χ3v) is 3.20. The normalized spacial score (nSPS) is 18.9. The number of nitriles is 1. The Balaban J connectivity index is 1.85. The van der Waals surface area contributed by atoms with Gasteiger partial charge in [-0.05, 0) is 54.0 Å². The molecule has 1 fully saturated rings. The SMILES string of the molecule is N#CC1CCN(Cc2ccc(Br)o2)CC1. The van der Waals surface area contributed by atoms with Crippen molar-refractivity contribution in [2.24, 2.45) is 5.92 Å². The maximum atomic E-state index is 8.78. The average molecular weight is 269 g/mol. The minimum atomic E-state index is 0.254. The summed E-state index contributed by atoms with van der Waals surface area (Å²) in [6.45, 7) is 2.84. The molecular formula is C11H13BrN2O. The van der Waals surface area contributed by atoms with Gasteiger partial charge in [0.1, 0.15) is 5.76 Å². The maximum Gasteiger partial charge on any atom is 0.169 e. The van der Waals surface area contributed by atoms with Gasteiger partial charge in [0.2, 0.25) is 0 Å². The lowest BCUT2D eigenvalue weighted by molar-refractivity contribution is 0.184. The summed E-state index contributed by atoms with van der Waals surface area (Å²) in [5, 5.41) is 8.78. The van der Waals surface area contributed by atoms with Gasteiger partial charge in [-0.1, -0.05) is 0 Å². The highest BCUT2D eigenvalue weighted by atomic mass is 79.9. The van der Waals surface area contributed by atoms with E-state index < -0.39 is 0 Å². The van der Waals surface area contributed by atoms with Gasteiger partial charge >= 0.3 is 0 Å². The number of furan rings is 1. The van der Waals surface area contributed by atoms with E-state index >= 15 is 0 Å². The second-order valence-corrected chi connectivity index (χ2v) is 4.67. The van der Waals surface area contributed by atoms with Crippen molar-refractivity contribution in [2.75, 3.05) is 13.1 Å². The van der Waals surface area contributed by atoms with E-state index in [1.54, 1.807) is 0 Å². The molecule has 0 radical (unpaired) electrons. The van der Waals surface area contributed by atoms with E-state index in [9.17, 15) is 0 Å². The Morgan fingerprint density at radius 3 is 2.73 bits per heavy atom. The molecule has 80 valence electrons. The third kappa shape index (κ3) is 2.83. The van der Waals surface area contributed by atoms with Crippen molar-refractivity contribution in [3.05, 3.63) is 22.6 Å². The first-order valence-corrected chi connectivity index (χ1v) is 5.93. The van der Waals surface area contributed by atoms with Crippen molar-refractivity contribution in [3.8, 4) is 6.07 Å². The fourth-order valence-corrected chi connectivity index (χ4v) is 2.22. The molecule has 1 aromatic rings. The van der Waals surface area contributed by atoms with Crippen molar-refractivity contribution >= 4 is 15.9 Å². The van der Waals surface area contributed by atoms with E-state index in [0.717, 1.165) is 42.9 Å². The quantitative estimate of drug-likeness (QED) is 0.828. The molecule has 0 aromatic carbocycles. The zero-order valence-corrected chi connectivity index (χ0v) is 10.0. The second kappa shape index (κ2) is 4.82. The highest BCUT2D eigenvalue weighted by Gasteiger charge is 2.19. The molecule has 3 nitrogen and oxygen atoms in total. The van der Waals surface area contributed by atoms with Crippen LogP contribution < -0.4 is 0 Å². The van der Waals surface area contributed by atoms with Crippen LogP contribution in [0.15, 0.2) is 21.2 Å². The van der Waals surface area contributed by atoms with Gasteiger partial charge in [0.25, 0.3) is 0 Å². The lowest BCUT2D eigenvalue weighted by Gasteiger charge is -2.27. The summed E-state index contributed by atoms with van der Waals surface area (Å²) in [5.41, 5.74) is 0. The molecule has 0 amide bonds. The van der Waals surface area contributed by atoms with E-state index in [4.69, 9.17) is 9.68 Å². The van der Waals surface area contributed by atoms with Crippen LogP contribution in [0.2, 0.25) is 0 Å². The summed E-state index contributed by atoms with van der Waals surface area (Å²) in [6.07, 6.45) is 1.97. The number of hydrogen-bond donors (Lipinski definition) is 0. The Morgan fingerprint density at radius 1 is 1.47 bits per heavy atom. The molecule has 1 aromatic heterocycles. The zero-order valence-electron chi connectivity index (χ0n) is 8.45. The Labute approximate surface area is 97.8 Å². The van der Waals surface area contributed by atoms with E-state index in [1.807, 2.05) is 12.1 Å². The van der Waals surface area contributed by atoms with Gasteiger partial charge in [-0.15, -0.1) is 0 Å². The Hall–Kier alpha value is -0.790. The smallest absolute Gasteiger partial charge is 0.169 e. The summed E-state index contributed by atoms with van der Waals surface area (Å²) >= 11 is 3.29. The molecule has 4 heteroatoms. The van der Waals surface area contributed by atoms with Crippen LogP contribution in [0.25, 0.3) is 0 Å². The molecule has 0 aliphatic carbocycles. The molecular weight excluding hydrogens is 256 g/mol. The summed E-state index contributed by atoms with van der Waals surface area (Å²) in [4.78, 5) is 2.33. The first-order chi connectivity index (χ1) is 7.28. The Bertz CT molecular complexity index is 361. The van der Waals surface area contributed by atoms with Gasteiger partial charge in [-0.25, -0.2) is 0 Å². The third-order valence-electron chi connectivity index (χ3n) is 2.78. The van der Waals surface area contributed by atoms with Crippen molar-refractivity contribution < 1.29 is 4.42 Å². The fourth-order valence-electron chi connectivity index (χ4n) is 1.88. The fraction of sp³-hybridized carbons (Fsp3) is 0.545. The van der Waals surface area contributed by atoms with E-state index in [2.05, 4.69) is 26.9 Å². The van der Waals surface area contributed by atoms with Crippen LogP contribution in [-0.2, 0) is 6.54 Å². The van der Waals surface area contributed by atoms with Crippen LogP contribution in [0.5, 0.6) is 0 Å². The van der Waals surface area contributed by atoms with Crippen LogP contribution in [0, 0.1) is 17.2 Å². The molecule has 1 aliphatic heterocycles. The largest absolute Gasteiger partial charge is 0.453 e. The van der Waals surface area contributed by atoms with Crippen LogP contribution >= 0.6 is 15.9 Å². The highest BCUT2D eigenvalue weighted by Crippen LogP contribution is 2.20. The molecule has 0 spiro atoms. The number of likely N-dealkylation sites (tertiary alicyclic amines) is 1. The van der Waals surface area contributed by atoms with Crippen LogP contribution in [0.1, 0.15) is 18.6 Å². The molecule has 2 rings (SSSR count). The summed E-state index contributed by atoms with van der Waals surface area (Å²) in [5.74, 6) is 1.24. The predicted octanol–water partition coefficient (Wildman–Crippen LogP) is 2.78. The van der Waals surface area contributed by atoms with Crippen molar-refractivity contribution in [3.63, 3.8) is 0 Å². The maximum absolute atomic E-state index is 8.78. The molecule has 0 unspecified atom stereocenters. The summed E-state index contributed by atoms with van der Waals surface area (Å²) in [7, 11) is 0. The number of piperidine rings is 1. The van der Waals surface area contributed by atoms with E-state index in [1.165, 1.54) is 0 Å². The topological polar surface area (TPSA) is 40.2 Å². The number of hydrogen-bond acceptors (Lipinski definition) is 3. The highest BCUT2D eigenvalue weighted by molar-refractivity contribution is 9.10. The molecule has 1 aliphatic rings. The van der Waals surface area contributed by atoms with Gasteiger partial charge in [0.05, 0.1) is 12.6 Å². The minimum Gasteiger partial charge on any atom is -0.453 e. The number of halogens is 1. The summed E-state index contributed by atoms with van der Waals surface area (Å²) < 4.78 is 6.23. The van der Waals surface area contributed by atoms with Gasteiger partial charge in [0.15, 0.2) is 4.67 Å². The van der Waals surface area contributed by atoms with Crippen LogP contribution in [-0.4, -0.2) is 18.0 Å².